The number of pyridine rings is 1. The number of hydrogen-bond donors (Lipinski definition) is 2. The number of nitrogens with one attached hydrogen (secondary N) is 2. The number of anilines is 2. The van der Waals surface area contributed by atoms with Crippen LogP contribution in [0.15, 0.2) is 54.7 Å². The second kappa shape index (κ2) is 15.6. The molecule has 15 heteroatoms. The minimum Gasteiger partial charge on any atom is -0.489 e. The number of halogens is 1. The van der Waals surface area contributed by atoms with Gasteiger partial charge in [-0.25, -0.2) is 4.98 Å². The minimum atomic E-state index is -0.976. The smallest absolute Gasteiger partial charge is 0.262 e. The van der Waals surface area contributed by atoms with Crippen molar-refractivity contribution in [2.75, 3.05) is 55.6 Å². The molecule has 1 atom stereocenters. The van der Waals surface area contributed by atoms with E-state index >= 15 is 0 Å². The molecule has 59 heavy (non-hydrogen) atoms. The Morgan fingerprint density at radius 2 is 1.61 bits per heavy atom. The molecule has 5 heterocycles. The fraction of sp³-hybridized carbons (Fsp3) is 0.477. The second-order valence-corrected chi connectivity index (χ2v) is 18.0. The Labute approximate surface area is 348 Å². The lowest BCUT2D eigenvalue weighted by atomic mass is 9.49. The van der Waals surface area contributed by atoms with Crippen molar-refractivity contribution in [1.82, 2.24) is 25.4 Å². The predicted molar refractivity (Wildman–Crippen MR) is 220 cm³/mol. The number of rotatable bonds is 9. The lowest BCUT2D eigenvalue weighted by molar-refractivity contribution is -0.164. The van der Waals surface area contributed by atoms with Crippen molar-refractivity contribution in [2.45, 2.75) is 71.6 Å². The van der Waals surface area contributed by atoms with Gasteiger partial charge in [-0.3, -0.25) is 39.1 Å². The standard InChI is InChI=1S/C44H49ClN8O6/c1-43(2)41(44(3,4)42(43)59-30-8-5-27(23-46)33(45)22-30)49-37(55)28-6-11-35(47-24-28)52-19-17-50(18-20-52)25-26-13-15-51(16-14-26)29-7-9-31-32(21-29)40(58)53(39(31)57)34-10-12-36(54)48-38(34)56/h5-9,11,21-22,24,26,34,41-42H,10,12-20,25H2,1-4H3,(H,49,55)(H,48,54,56)/t34?,41-,42-. The summed E-state index contributed by atoms with van der Waals surface area (Å²) in [6, 6.07) is 15.1. The predicted octanol–water partition coefficient (Wildman–Crippen LogP) is 4.66. The number of carbonyl (C=O) groups excluding carboxylic acids is 5. The van der Waals surface area contributed by atoms with Crippen LogP contribution in [0.3, 0.4) is 0 Å². The molecule has 1 saturated carbocycles. The van der Waals surface area contributed by atoms with Crippen LogP contribution in [0.4, 0.5) is 11.5 Å². The summed E-state index contributed by atoms with van der Waals surface area (Å²) in [4.78, 5) is 76.7. The van der Waals surface area contributed by atoms with Gasteiger partial charge < -0.3 is 19.9 Å². The first-order valence-electron chi connectivity index (χ1n) is 20.4. The number of carbonyl (C=O) groups is 5. The van der Waals surface area contributed by atoms with Crippen LogP contribution < -0.4 is 25.2 Å². The maximum Gasteiger partial charge on any atom is 0.262 e. The van der Waals surface area contributed by atoms with Crippen molar-refractivity contribution in [1.29, 1.82) is 5.26 Å². The highest BCUT2D eigenvalue weighted by Crippen LogP contribution is 2.55. The topological polar surface area (TPSA) is 168 Å². The van der Waals surface area contributed by atoms with Crippen molar-refractivity contribution in [2.24, 2.45) is 16.7 Å². The van der Waals surface area contributed by atoms with Crippen LogP contribution in [0.5, 0.6) is 5.75 Å². The molecule has 0 spiro atoms. The average molecular weight is 821 g/mol. The summed E-state index contributed by atoms with van der Waals surface area (Å²) < 4.78 is 6.37. The zero-order chi connectivity index (χ0) is 41.8. The van der Waals surface area contributed by atoms with Gasteiger partial charge in [0.2, 0.25) is 11.8 Å². The van der Waals surface area contributed by atoms with E-state index in [1.807, 2.05) is 18.2 Å². The van der Waals surface area contributed by atoms with E-state index in [9.17, 15) is 29.2 Å². The molecule has 2 N–H and O–H groups in total. The van der Waals surface area contributed by atoms with Gasteiger partial charge in [0, 0.05) is 87.1 Å². The van der Waals surface area contributed by atoms with E-state index in [1.165, 1.54) is 0 Å². The number of imide groups is 2. The Bertz CT molecular complexity index is 2220. The largest absolute Gasteiger partial charge is 0.489 e. The first-order chi connectivity index (χ1) is 28.1. The van der Waals surface area contributed by atoms with Crippen molar-refractivity contribution >= 4 is 52.6 Å². The van der Waals surface area contributed by atoms with Crippen LogP contribution in [0, 0.1) is 28.1 Å². The van der Waals surface area contributed by atoms with Gasteiger partial charge in [0.25, 0.3) is 17.7 Å². The van der Waals surface area contributed by atoms with Crippen molar-refractivity contribution in [3.8, 4) is 11.8 Å². The van der Waals surface area contributed by atoms with Crippen molar-refractivity contribution in [3.05, 3.63) is 82.0 Å². The third-order valence-corrected chi connectivity index (χ3v) is 13.4. The number of nitriles is 1. The summed E-state index contributed by atoms with van der Waals surface area (Å²) in [5, 5.41) is 15.0. The van der Waals surface area contributed by atoms with Crippen LogP contribution in [0.1, 0.15) is 90.0 Å². The van der Waals surface area contributed by atoms with Crippen LogP contribution in [0.2, 0.25) is 5.02 Å². The second-order valence-electron chi connectivity index (χ2n) is 17.6. The van der Waals surface area contributed by atoms with E-state index in [2.05, 4.69) is 59.1 Å². The normalized spacial score (nSPS) is 24.3. The molecular weight excluding hydrogens is 772 g/mol. The van der Waals surface area contributed by atoms with Gasteiger partial charge in [0.15, 0.2) is 0 Å². The summed E-state index contributed by atoms with van der Waals surface area (Å²) in [5.74, 6) is -0.188. The molecule has 8 rings (SSSR count). The zero-order valence-electron chi connectivity index (χ0n) is 33.8. The highest BCUT2D eigenvalue weighted by Gasteiger charge is 2.64. The highest BCUT2D eigenvalue weighted by atomic mass is 35.5. The molecular formula is C44H49ClN8O6. The van der Waals surface area contributed by atoms with Crippen LogP contribution in [-0.4, -0.2) is 108 Å². The maximum absolute atomic E-state index is 13.5. The Hall–Kier alpha value is -5.52. The summed E-state index contributed by atoms with van der Waals surface area (Å²) in [5.41, 5.74) is 1.63. The number of piperidine rings is 2. The molecule has 308 valence electrons. The maximum atomic E-state index is 13.5. The van der Waals surface area contributed by atoms with Crippen molar-refractivity contribution in [3.63, 3.8) is 0 Å². The number of ether oxygens (including phenoxy) is 1. The van der Waals surface area contributed by atoms with Crippen molar-refractivity contribution < 1.29 is 28.7 Å². The summed E-state index contributed by atoms with van der Waals surface area (Å²) in [6.45, 7) is 14.5. The lowest BCUT2D eigenvalue weighted by Gasteiger charge is -2.63. The summed E-state index contributed by atoms with van der Waals surface area (Å²) in [7, 11) is 0. The molecule has 1 aliphatic carbocycles. The molecule has 5 amide bonds. The Morgan fingerprint density at radius 1 is 0.898 bits per heavy atom. The average Bonchev–Trinajstić information content (AvgIpc) is 3.47. The summed E-state index contributed by atoms with van der Waals surface area (Å²) in [6.07, 6.45) is 3.69. The van der Waals surface area contributed by atoms with Gasteiger partial charge in [0.1, 0.15) is 29.8 Å². The highest BCUT2D eigenvalue weighted by molar-refractivity contribution is 6.31. The number of nitrogens with zero attached hydrogens (tertiary/aromatic N) is 6. The van der Waals surface area contributed by atoms with Gasteiger partial charge in [0.05, 0.1) is 27.3 Å². The van der Waals surface area contributed by atoms with Gasteiger partial charge in [-0.05, 0) is 67.6 Å². The quantitative estimate of drug-likeness (QED) is 0.288. The molecule has 4 aliphatic heterocycles. The van der Waals surface area contributed by atoms with Gasteiger partial charge in [-0.1, -0.05) is 39.3 Å². The molecule has 14 nitrogen and oxygen atoms in total. The number of aromatic nitrogens is 1. The van der Waals surface area contributed by atoms with Gasteiger partial charge >= 0.3 is 0 Å². The molecule has 1 unspecified atom stereocenters. The van der Waals surface area contributed by atoms with E-state index in [4.69, 9.17) is 21.3 Å². The number of benzene rings is 2. The molecule has 0 radical (unpaired) electrons. The third kappa shape index (κ3) is 7.51. The Balaban J connectivity index is 0.789. The van der Waals surface area contributed by atoms with Gasteiger partial charge in [-0.2, -0.15) is 5.26 Å². The lowest BCUT2D eigenvalue weighted by Crippen LogP contribution is -2.74. The first kappa shape index (κ1) is 40.3. The zero-order valence-corrected chi connectivity index (χ0v) is 34.6. The monoisotopic (exact) mass is 820 g/mol. The molecule has 0 bridgehead atoms. The van der Waals surface area contributed by atoms with E-state index in [0.29, 0.717) is 38.9 Å². The fourth-order valence-corrected chi connectivity index (χ4v) is 10.3. The van der Waals surface area contributed by atoms with Crippen LogP contribution in [0.25, 0.3) is 0 Å². The summed E-state index contributed by atoms with van der Waals surface area (Å²) >= 11 is 6.25. The number of hydrogen-bond acceptors (Lipinski definition) is 11. The van der Waals surface area contributed by atoms with Crippen LogP contribution in [-0.2, 0) is 9.59 Å². The molecule has 4 fully saturated rings. The van der Waals surface area contributed by atoms with E-state index in [-0.39, 0.29) is 41.7 Å². The van der Waals surface area contributed by atoms with E-state index < -0.39 is 29.7 Å². The Morgan fingerprint density at radius 3 is 2.25 bits per heavy atom. The fourth-order valence-electron chi connectivity index (χ4n) is 10.1. The van der Waals surface area contributed by atoms with Gasteiger partial charge in [-0.15, -0.1) is 0 Å². The minimum absolute atomic E-state index is 0.0886. The third-order valence-electron chi connectivity index (χ3n) is 13.1. The Kier molecular flexibility index (Phi) is 10.6. The van der Waals surface area contributed by atoms with Crippen LogP contribution >= 0.6 is 11.6 Å². The molecule has 2 aromatic carbocycles. The number of piperazine rings is 1. The molecule has 3 saturated heterocycles. The SMILES string of the molecule is CC1(C)[C@H](NC(=O)c2ccc(N3CCN(CC4CCN(c5ccc6c(c5)C(=O)N(C5CCC(=O)NC5=O)C6=O)CC4)CC3)nc2)C(C)(C)[C@H]1Oc1ccc(C#N)c(Cl)c1. The number of amides is 5. The first-order valence-corrected chi connectivity index (χ1v) is 20.7. The molecule has 1 aromatic heterocycles. The number of fused-ring (bicyclic) bond motifs is 1. The molecule has 3 aromatic rings. The molecule has 5 aliphatic rings. The van der Waals surface area contributed by atoms with E-state index in [1.54, 1.807) is 36.5 Å². The van der Waals surface area contributed by atoms with E-state index in [0.717, 1.165) is 75.1 Å².